The Hall–Kier alpha value is -0.610. The highest BCUT2D eigenvalue weighted by molar-refractivity contribution is 5.78. The number of carbonyl (C=O) groups excluding carboxylic acids is 1. The van der Waals surface area contributed by atoms with E-state index in [1.807, 2.05) is 4.90 Å². The molecule has 0 aromatic heterocycles. The summed E-state index contributed by atoms with van der Waals surface area (Å²) in [6.45, 7) is 1.52. The number of fused-ring (bicyclic) bond motifs is 1. The van der Waals surface area contributed by atoms with Crippen LogP contribution in [0.1, 0.15) is 25.7 Å². The number of rotatable bonds is 1. The van der Waals surface area contributed by atoms with E-state index < -0.39 is 0 Å². The predicted octanol–water partition coefficient (Wildman–Crippen LogP) is 0.115. The van der Waals surface area contributed by atoms with Gasteiger partial charge in [0.25, 0.3) is 0 Å². The molecule has 4 nitrogen and oxygen atoms in total. The van der Waals surface area contributed by atoms with Gasteiger partial charge in [0.1, 0.15) is 0 Å². The lowest BCUT2D eigenvalue weighted by Gasteiger charge is -2.43. The molecule has 1 amide bonds. The van der Waals surface area contributed by atoms with Gasteiger partial charge in [-0.15, -0.1) is 0 Å². The molecule has 0 bridgehead atoms. The van der Waals surface area contributed by atoms with Gasteiger partial charge in [0.2, 0.25) is 5.91 Å². The second-order valence-corrected chi connectivity index (χ2v) is 4.05. The lowest BCUT2D eigenvalue weighted by atomic mass is 9.90. The van der Waals surface area contributed by atoms with Crippen molar-refractivity contribution in [2.75, 3.05) is 19.7 Å². The normalized spacial score (nSPS) is 32.5. The number of ether oxygens (including phenoxy) is 1. The first-order chi connectivity index (χ1) is 6.83. The van der Waals surface area contributed by atoms with Crippen LogP contribution < -0.4 is 5.73 Å². The zero-order chi connectivity index (χ0) is 9.97. The average molecular weight is 198 g/mol. The van der Waals surface area contributed by atoms with Crippen LogP contribution in [0.15, 0.2) is 0 Å². The monoisotopic (exact) mass is 198 g/mol. The van der Waals surface area contributed by atoms with E-state index in [1.54, 1.807) is 0 Å². The fraction of sp³-hybridized carbons (Fsp3) is 0.900. The minimum absolute atomic E-state index is 0.0743. The quantitative estimate of drug-likeness (QED) is 0.651. The third kappa shape index (κ3) is 1.77. The smallest absolute Gasteiger partial charge is 0.236 e. The van der Waals surface area contributed by atoms with Gasteiger partial charge in [-0.25, -0.2) is 0 Å². The number of carbonyl (C=O) groups is 1. The van der Waals surface area contributed by atoms with Crippen LogP contribution in [-0.2, 0) is 9.53 Å². The summed E-state index contributed by atoms with van der Waals surface area (Å²) in [5.41, 5.74) is 5.39. The molecule has 1 saturated heterocycles. The van der Waals surface area contributed by atoms with Crippen LogP contribution in [-0.4, -0.2) is 42.6 Å². The van der Waals surface area contributed by atoms with E-state index in [9.17, 15) is 4.79 Å². The molecule has 0 radical (unpaired) electrons. The van der Waals surface area contributed by atoms with Gasteiger partial charge in [0.05, 0.1) is 25.3 Å². The molecule has 14 heavy (non-hydrogen) atoms. The van der Waals surface area contributed by atoms with Crippen molar-refractivity contribution in [2.45, 2.75) is 37.8 Å². The molecule has 1 heterocycles. The molecule has 1 aliphatic carbocycles. The molecule has 80 valence electrons. The maximum absolute atomic E-state index is 11.6. The first-order valence-corrected chi connectivity index (χ1v) is 5.44. The first kappa shape index (κ1) is 9.93. The fourth-order valence-electron chi connectivity index (χ4n) is 2.52. The van der Waals surface area contributed by atoms with Crippen molar-refractivity contribution < 1.29 is 9.53 Å². The summed E-state index contributed by atoms with van der Waals surface area (Å²) in [4.78, 5) is 13.5. The van der Waals surface area contributed by atoms with Crippen molar-refractivity contribution in [3.8, 4) is 0 Å². The van der Waals surface area contributed by atoms with Crippen LogP contribution in [0.4, 0.5) is 0 Å². The molecule has 1 aliphatic heterocycles. The molecule has 0 spiro atoms. The van der Waals surface area contributed by atoms with Crippen LogP contribution in [0.2, 0.25) is 0 Å². The van der Waals surface area contributed by atoms with Crippen molar-refractivity contribution in [3.63, 3.8) is 0 Å². The fourth-order valence-corrected chi connectivity index (χ4v) is 2.52. The number of amides is 1. The SMILES string of the molecule is NCC(=O)N1CCOC2CCCCC21. The third-order valence-corrected chi connectivity index (χ3v) is 3.23. The summed E-state index contributed by atoms with van der Waals surface area (Å²) in [6.07, 6.45) is 4.88. The molecular weight excluding hydrogens is 180 g/mol. The molecule has 2 N–H and O–H groups in total. The minimum Gasteiger partial charge on any atom is -0.374 e. The van der Waals surface area contributed by atoms with Crippen molar-refractivity contribution in [2.24, 2.45) is 5.73 Å². The Morgan fingerprint density at radius 2 is 2.21 bits per heavy atom. The highest BCUT2D eigenvalue weighted by Crippen LogP contribution is 2.28. The molecule has 2 aliphatic rings. The van der Waals surface area contributed by atoms with E-state index in [4.69, 9.17) is 10.5 Å². The van der Waals surface area contributed by atoms with Crippen LogP contribution in [0.25, 0.3) is 0 Å². The summed E-state index contributed by atoms with van der Waals surface area (Å²) in [6, 6.07) is 0.300. The number of nitrogens with zero attached hydrogens (tertiary/aromatic N) is 1. The number of hydrogen-bond acceptors (Lipinski definition) is 3. The Labute approximate surface area is 84.4 Å². The van der Waals surface area contributed by atoms with E-state index in [2.05, 4.69) is 0 Å². The summed E-state index contributed by atoms with van der Waals surface area (Å²) in [5.74, 6) is 0.0743. The molecule has 2 atom stereocenters. The van der Waals surface area contributed by atoms with E-state index >= 15 is 0 Å². The molecule has 4 heteroatoms. The van der Waals surface area contributed by atoms with E-state index in [-0.39, 0.29) is 18.6 Å². The Balaban J connectivity index is 2.04. The predicted molar refractivity (Wildman–Crippen MR) is 52.8 cm³/mol. The number of nitrogens with two attached hydrogens (primary N) is 1. The zero-order valence-electron chi connectivity index (χ0n) is 8.45. The number of hydrogen-bond donors (Lipinski definition) is 1. The lowest BCUT2D eigenvalue weighted by molar-refractivity contribution is -0.148. The Bertz CT molecular complexity index is 218. The van der Waals surface area contributed by atoms with Gasteiger partial charge >= 0.3 is 0 Å². The van der Waals surface area contributed by atoms with Gasteiger partial charge < -0.3 is 15.4 Å². The maximum Gasteiger partial charge on any atom is 0.236 e. The second kappa shape index (κ2) is 4.28. The minimum atomic E-state index is 0.0743. The Morgan fingerprint density at radius 1 is 1.43 bits per heavy atom. The second-order valence-electron chi connectivity index (χ2n) is 4.05. The van der Waals surface area contributed by atoms with Crippen molar-refractivity contribution in [3.05, 3.63) is 0 Å². The van der Waals surface area contributed by atoms with Gasteiger partial charge in [-0.2, -0.15) is 0 Å². The summed E-state index contributed by atoms with van der Waals surface area (Å²) in [7, 11) is 0. The molecule has 2 fully saturated rings. The molecule has 0 aromatic rings. The van der Waals surface area contributed by atoms with Gasteiger partial charge in [-0.1, -0.05) is 12.8 Å². The van der Waals surface area contributed by atoms with Gasteiger partial charge in [-0.3, -0.25) is 4.79 Å². The lowest BCUT2D eigenvalue weighted by Crippen LogP contribution is -2.56. The van der Waals surface area contributed by atoms with Crippen LogP contribution in [0.3, 0.4) is 0 Å². The van der Waals surface area contributed by atoms with E-state index in [0.717, 1.165) is 19.4 Å². The summed E-state index contributed by atoms with van der Waals surface area (Å²) in [5, 5.41) is 0. The molecule has 2 unspecified atom stereocenters. The molecule has 0 aromatic carbocycles. The van der Waals surface area contributed by atoms with Crippen molar-refractivity contribution in [1.29, 1.82) is 0 Å². The summed E-state index contributed by atoms with van der Waals surface area (Å²) >= 11 is 0. The Morgan fingerprint density at radius 3 is 3.00 bits per heavy atom. The van der Waals surface area contributed by atoms with Crippen LogP contribution in [0, 0.1) is 0 Å². The van der Waals surface area contributed by atoms with Gasteiger partial charge in [0, 0.05) is 6.54 Å². The topological polar surface area (TPSA) is 55.6 Å². The van der Waals surface area contributed by atoms with Crippen LogP contribution in [0.5, 0.6) is 0 Å². The van der Waals surface area contributed by atoms with Gasteiger partial charge in [-0.05, 0) is 12.8 Å². The van der Waals surface area contributed by atoms with Gasteiger partial charge in [0.15, 0.2) is 0 Å². The van der Waals surface area contributed by atoms with E-state index in [0.29, 0.717) is 12.6 Å². The molecule has 1 saturated carbocycles. The van der Waals surface area contributed by atoms with E-state index in [1.165, 1.54) is 12.8 Å². The highest BCUT2D eigenvalue weighted by atomic mass is 16.5. The number of morpholine rings is 1. The Kier molecular flexibility index (Phi) is 3.03. The van der Waals surface area contributed by atoms with Crippen molar-refractivity contribution in [1.82, 2.24) is 4.90 Å². The third-order valence-electron chi connectivity index (χ3n) is 3.23. The first-order valence-electron chi connectivity index (χ1n) is 5.44. The largest absolute Gasteiger partial charge is 0.374 e. The average Bonchev–Trinajstić information content (AvgIpc) is 2.27. The summed E-state index contributed by atoms with van der Waals surface area (Å²) < 4.78 is 5.67. The zero-order valence-corrected chi connectivity index (χ0v) is 8.45. The molecular formula is C10H18N2O2. The van der Waals surface area contributed by atoms with Crippen molar-refractivity contribution >= 4 is 5.91 Å². The maximum atomic E-state index is 11.6. The molecule has 2 rings (SSSR count). The standard InChI is InChI=1S/C10H18N2O2/c11-7-10(13)12-5-6-14-9-4-2-1-3-8(9)12/h8-9H,1-7,11H2. The van der Waals surface area contributed by atoms with Crippen LogP contribution >= 0.6 is 0 Å². The highest BCUT2D eigenvalue weighted by Gasteiger charge is 2.35.